The van der Waals surface area contributed by atoms with Gasteiger partial charge in [0.25, 0.3) is 6.09 Å². The molecule has 0 saturated carbocycles. The van der Waals surface area contributed by atoms with Gasteiger partial charge in [-0.2, -0.15) is 4.48 Å². The van der Waals surface area contributed by atoms with E-state index in [1.807, 2.05) is 6.92 Å². The molecule has 0 N–H and O–H groups in total. The molecule has 2 rings (SSSR count). The van der Waals surface area contributed by atoms with Gasteiger partial charge in [-0.1, -0.05) is 70.6 Å². The van der Waals surface area contributed by atoms with Crippen LogP contribution in [0.1, 0.15) is 75.6 Å². The predicted molar refractivity (Wildman–Crippen MR) is 123 cm³/mol. The molecule has 0 aliphatic heterocycles. The van der Waals surface area contributed by atoms with Crippen molar-refractivity contribution in [2.24, 2.45) is 0 Å². The molecule has 0 heterocycles. The number of unbranched alkanes of at least 4 members (excludes halogenated alkanes) is 6. The number of carboxylic acid groups (broad SMARTS) is 1. The third-order valence-electron chi connectivity index (χ3n) is 5.57. The molecule has 0 bridgehead atoms. The summed E-state index contributed by atoms with van der Waals surface area (Å²) < 4.78 is 4.96. The van der Waals surface area contributed by atoms with Gasteiger partial charge in [-0.05, 0) is 37.1 Å². The number of rotatable bonds is 13. The summed E-state index contributed by atoms with van der Waals surface area (Å²) in [6.45, 7) is 4.95. The number of amides is 2. The van der Waals surface area contributed by atoms with Crippen LogP contribution in [0.25, 0.3) is 0 Å². The summed E-state index contributed by atoms with van der Waals surface area (Å²) in [5, 5.41) is 12.4. The van der Waals surface area contributed by atoms with Crippen molar-refractivity contribution >= 4 is 17.7 Å². The number of carbonyl (C=O) groups is 2. The minimum absolute atomic E-state index is 0.143. The summed E-state index contributed by atoms with van der Waals surface area (Å²) in [5.41, 5.74) is 0.737. The van der Waals surface area contributed by atoms with Gasteiger partial charge in [0.2, 0.25) is 0 Å². The molecular formula is C26H35NO4. The lowest BCUT2D eigenvalue weighted by atomic mass is 10.1. The van der Waals surface area contributed by atoms with E-state index in [9.17, 15) is 14.7 Å². The van der Waals surface area contributed by atoms with Crippen molar-refractivity contribution in [2.45, 2.75) is 65.2 Å². The summed E-state index contributed by atoms with van der Waals surface area (Å²) in [5.74, 6) is 0.186. The molecule has 31 heavy (non-hydrogen) atoms. The van der Waals surface area contributed by atoms with Gasteiger partial charge in [-0.15, -0.1) is 0 Å². The van der Waals surface area contributed by atoms with E-state index in [-0.39, 0.29) is 6.54 Å². The first-order chi connectivity index (χ1) is 15.1. The number of ether oxygens (including phenoxy) is 1. The Kier molecular flexibility index (Phi) is 10.2. The average molecular weight is 426 g/mol. The smallest absolute Gasteiger partial charge is 0.357 e. The minimum Gasteiger partial charge on any atom is -0.498 e. The highest BCUT2D eigenvalue weighted by Crippen LogP contribution is 2.29. The van der Waals surface area contributed by atoms with E-state index in [1.54, 1.807) is 54.6 Å². The van der Waals surface area contributed by atoms with E-state index < -0.39 is 16.5 Å². The van der Waals surface area contributed by atoms with Crippen LogP contribution < -0.4 is 14.3 Å². The van der Waals surface area contributed by atoms with E-state index in [0.717, 1.165) is 19.3 Å². The van der Waals surface area contributed by atoms with Gasteiger partial charge in [-0.25, -0.2) is 4.79 Å². The Morgan fingerprint density at radius 2 is 1.42 bits per heavy atom. The first-order valence-electron chi connectivity index (χ1n) is 11.5. The third kappa shape index (κ3) is 6.66. The molecule has 1 atom stereocenters. The van der Waals surface area contributed by atoms with Gasteiger partial charge in [0.15, 0.2) is 0 Å². The van der Waals surface area contributed by atoms with E-state index in [2.05, 4.69) is 6.92 Å². The van der Waals surface area contributed by atoms with Crippen LogP contribution in [0.15, 0.2) is 54.6 Å². The second-order valence-electron chi connectivity index (χ2n) is 7.93. The molecule has 0 saturated heterocycles. The highest BCUT2D eigenvalue weighted by atomic mass is 16.5. The van der Waals surface area contributed by atoms with Crippen LogP contribution in [0.2, 0.25) is 0 Å². The first-order valence-corrected chi connectivity index (χ1v) is 11.5. The maximum absolute atomic E-state index is 13.3. The first kappa shape index (κ1) is 24.6. The van der Waals surface area contributed by atoms with Gasteiger partial charge in [0.05, 0.1) is 18.7 Å². The number of hydrogen-bond acceptors (Lipinski definition) is 4. The lowest BCUT2D eigenvalue weighted by molar-refractivity contribution is -0.260. The molecule has 2 aromatic rings. The van der Waals surface area contributed by atoms with Crippen molar-refractivity contribution in [3.8, 4) is 5.75 Å². The number of nitrogens with zero attached hydrogens (tertiary/aromatic N) is 1. The van der Waals surface area contributed by atoms with Gasteiger partial charge in [0, 0.05) is 12.1 Å². The van der Waals surface area contributed by atoms with Gasteiger partial charge in [-0.3, -0.25) is 0 Å². The molecule has 0 aromatic heterocycles. The van der Waals surface area contributed by atoms with E-state index in [0.29, 0.717) is 30.0 Å². The van der Waals surface area contributed by atoms with Crippen molar-refractivity contribution in [1.82, 2.24) is 4.48 Å². The zero-order valence-corrected chi connectivity index (χ0v) is 18.8. The predicted octanol–water partition coefficient (Wildman–Crippen LogP) is 5.72. The van der Waals surface area contributed by atoms with Gasteiger partial charge in [0.1, 0.15) is 11.4 Å². The number of carbonyl (C=O) groups excluding carboxylic acids is 2. The summed E-state index contributed by atoms with van der Waals surface area (Å²) in [6.07, 6.45) is 7.09. The maximum Gasteiger partial charge on any atom is 0.357 e. The fourth-order valence-electron chi connectivity index (χ4n) is 3.69. The molecule has 0 aliphatic rings. The number of benzene rings is 2. The van der Waals surface area contributed by atoms with Crippen LogP contribution in [-0.4, -0.2) is 25.2 Å². The Hall–Kier alpha value is -2.66. The van der Waals surface area contributed by atoms with Crippen molar-refractivity contribution in [3.05, 3.63) is 60.2 Å². The molecule has 168 valence electrons. The molecule has 0 radical (unpaired) electrons. The molecule has 2 amide bonds. The molecule has 2 aromatic carbocycles. The maximum atomic E-state index is 13.3. The highest BCUT2D eigenvalue weighted by Gasteiger charge is 2.42. The van der Waals surface area contributed by atoms with Gasteiger partial charge >= 0.3 is 5.91 Å². The molecular weight excluding hydrogens is 390 g/mol. The molecule has 0 spiro atoms. The quantitative estimate of drug-likeness (QED) is 0.304. The zero-order chi connectivity index (χ0) is 22.5. The van der Waals surface area contributed by atoms with Crippen LogP contribution >= 0.6 is 0 Å². The Balaban J connectivity index is 2.15. The molecule has 0 fully saturated rings. The second-order valence-corrected chi connectivity index (χ2v) is 7.93. The molecule has 1 unspecified atom stereocenters. The Morgan fingerprint density at radius 3 is 2.03 bits per heavy atom. The Bertz CT molecular complexity index is 804. The average Bonchev–Trinajstić information content (AvgIpc) is 2.80. The van der Waals surface area contributed by atoms with Crippen molar-refractivity contribution in [2.75, 3.05) is 13.2 Å². The van der Waals surface area contributed by atoms with Crippen molar-refractivity contribution < 1.29 is 19.4 Å². The van der Waals surface area contributed by atoms with Crippen molar-refractivity contribution in [1.29, 1.82) is 0 Å². The Labute approximate surface area is 186 Å². The standard InChI is InChI=1S/C26H35NO4/c1-3-5-7-8-9-13-21-31-24-18-16-23(17-19-24)27(26(29)30,20-6-4-2)25(28)22-14-11-10-12-15-22/h10-12,14-19H,3-9,13,20-21H2,1-2H3. The number of imide groups is 1. The molecule has 5 nitrogen and oxygen atoms in total. The monoisotopic (exact) mass is 425 g/mol. The SMILES string of the molecule is CCCCCCCCOc1ccc([N+](CCCC)(C(=O)[O-])C(=O)c2ccccc2)cc1. The van der Waals surface area contributed by atoms with Crippen LogP contribution in [0.4, 0.5) is 10.5 Å². The largest absolute Gasteiger partial charge is 0.498 e. The van der Waals surface area contributed by atoms with Crippen LogP contribution in [0.5, 0.6) is 5.75 Å². The summed E-state index contributed by atoms with van der Waals surface area (Å²) in [6, 6.07) is 15.4. The fourth-order valence-corrected chi connectivity index (χ4v) is 3.69. The van der Waals surface area contributed by atoms with Crippen LogP contribution in [-0.2, 0) is 0 Å². The minimum atomic E-state index is -1.41. The van der Waals surface area contributed by atoms with Crippen molar-refractivity contribution in [3.63, 3.8) is 0 Å². The summed E-state index contributed by atoms with van der Waals surface area (Å²) in [7, 11) is 0. The second kappa shape index (κ2) is 12.9. The van der Waals surface area contributed by atoms with E-state index in [4.69, 9.17) is 4.74 Å². The number of quaternary nitrogens is 1. The van der Waals surface area contributed by atoms with E-state index >= 15 is 0 Å². The zero-order valence-electron chi connectivity index (χ0n) is 18.8. The fraction of sp³-hybridized carbons (Fsp3) is 0.462. The Morgan fingerprint density at radius 1 is 0.806 bits per heavy atom. The number of hydrogen-bond donors (Lipinski definition) is 0. The summed E-state index contributed by atoms with van der Waals surface area (Å²) >= 11 is 0. The van der Waals surface area contributed by atoms with Crippen LogP contribution in [0, 0.1) is 0 Å². The van der Waals surface area contributed by atoms with Crippen LogP contribution in [0.3, 0.4) is 0 Å². The molecule has 0 aliphatic carbocycles. The lowest BCUT2D eigenvalue weighted by Crippen LogP contribution is -2.64. The lowest BCUT2D eigenvalue weighted by Gasteiger charge is -2.34. The van der Waals surface area contributed by atoms with E-state index in [1.165, 1.54) is 25.7 Å². The highest BCUT2D eigenvalue weighted by molar-refractivity contribution is 6.13. The normalized spacial score (nSPS) is 12.8. The molecule has 5 heteroatoms. The summed E-state index contributed by atoms with van der Waals surface area (Å²) in [4.78, 5) is 25.7. The van der Waals surface area contributed by atoms with Gasteiger partial charge < -0.3 is 14.6 Å². The topological polar surface area (TPSA) is 66.4 Å². The third-order valence-corrected chi connectivity index (χ3v) is 5.57.